The number of carbonyl (C=O) groups excluding carboxylic acids is 2. The molecular weight excluding hydrogens is 613 g/mol. The molecule has 0 spiro atoms. The summed E-state index contributed by atoms with van der Waals surface area (Å²) in [5.41, 5.74) is 3.51. The highest BCUT2D eigenvalue weighted by Gasteiger charge is 2.21. The topological polar surface area (TPSA) is 98.4 Å². The highest BCUT2D eigenvalue weighted by Crippen LogP contribution is 2.39. The Morgan fingerprint density at radius 2 is 1.47 bits per heavy atom. The van der Waals surface area contributed by atoms with E-state index in [4.69, 9.17) is 9.47 Å². The third-order valence-electron chi connectivity index (χ3n) is 7.62. The number of thioether (sulfide) groups is 1. The molecule has 10 nitrogen and oxygen atoms in total. The first kappa shape index (κ1) is 33.9. The van der Waals surface area contributed by atoms with Gasteiger partial charge in [-0.3, -0.25) is 4.79 Å². The molecule has 3 aromatic rings. The SMILES string of the molecule is CCCCN1C=C(c2ccc(NC(=O)Nc3ccc(C(=O)Nc4ccc(OCCN(C)C)cc4)cc3)cc2)SC(N2CCOCC2)=C1. The van der Waals surface area contributed by atoms with Crippen LogP contribution < -0.4 is 20.7 Å². The quantitative estimate of drug-likeness (QED) is 0.185. The van der Waals surface area contributed by atoms with E-state index < -0.39 is 0 Å². The van der Waals surface area contributed by atoms with Crippen LogP contribution in [0.2, 0.25) is 0 Å². The van der Waals surface area contributed by atoms with E-state index in [2.05, 4.69) is 50.0 Å². The number of amides is 3. The predicted molar refractivity (Wildman–Crippen MR) is 192 cm³/mol. The second-order valence-corrected chi connectivity index (χ2v) is 12.7. The third kappa shape index (κ3) is 10.3. The Balaban J connectivity index is 1.12. The Bertz CT molecular complexity index is 1540. The molecule has 0 unspecified atom stereocenters. The smallest absolute Gasteiger partial charge is 0.323 e. The number of rotatable bonds is 13. The largest absolute Gasteiger partial charge is 0.492 e. The van der Waals surface area contributed by atoms with Gasteiger partial charge in [-0.1, -0.05) is 37.2 Å². The summed E-state index contributed by atoms with van der Waals surface area (Å²) in [5, 5.41) is 9.86. The molecule has 11 heteroatoms. The van der Waals surface area contributed by atoms with Crippen molar-refractivity contribution in [1.82, 2.24) is 14.7 Å². The Morgan fingerprint density at radius 3 is 2.11 bits per heavy atom. The fourth-order valence-corrected chi connectivity index (χ4v) is 6.10. The molecule has 2 aliphatic rings. The van der Waals surface area contributed by atoms with Gasteiger partial charge in [0.1, 0.15) is 12.4 Å². The van der Waals surface area contributed by atoms with E-state index >= 15 is 0 Å². The predicted octanol–water partition coefficient (Wildman–Crippen LogP) is 6.80. The first-order valence-corrected chi connectivity index (χ1v) is 16.9. The maximum Gasteiger partial charge on any atom is 0.323 e. The van der Waals surface area contributed by atoms with Crippen LogP contribution >= 0.6 is 11.8 Å². The van der Waals surface area contributed by atoms with Crippen LogP contribution in [0.25, 0.3) is 4.91 Å². The van der Waals surface area contributed by atoms with E-state index in [-0.39, 0.29) is 11.9 Å². The zero-order chi connectivity index (χ0) is 33.0. The number of nitrogens with zero attached hydrogens (tertiary/aromatic N) is 3. The first-order chi connectivity index (χ1) is 22.9. The van der Waals surface area contributed by atoms with Crippen molar-refractivity contribution < 1.29 is 19.1 Å². The fourth-order valence-electron chi connectivity index (χ4n) is 4.93. The van der Waals surface area contributed by atoms with E-state index in [1.165, 1.54) is 9.93 Å². The normalized spacial score (nSPS) is 14.7. The zero-order valence-corrected chi connectivity index (χ0v) is 28.1. The van der Waals surface area contributed by atoms with Crippen molar-refractivity contribution in [3.05, 3.63) is 101 Å². The molecule has 0 aromatic heterocycles. The van der Waals surface area contributed by atoms with Gasteiger partial charge in [0.2, 0.25) is 0 Å². The molecular formula is C36H44N6O4S. The van der Waals surface area contributed by atoms with Gasteiger partial charge in [-0.15, -0.1) is 0 Å². The molecule has 2 aliphatic heterocycles. The number of likely N-dealkylation sites (N-methyl/N-ethyl adjacent to an activating group) is 1. The number of hydrogen-bond donors (Lipinski definition) is 3. The van der Waals surface area contributed by atoms with E-state index in [9.17, 15) is 9.59 Å². The summed E-state index contributed by atoms with van der Waals surface area (Å²) in [7, 11) is 3.99. The Kier molecular flexibility index (Phi) is 12.2. The van der Waals surface area contributed by atoms with Crippen molar-refractivity contribution in [3.63, 3.8) is 0 Å². The highest BCUT2D eigenvalue weighted by molar-refractivity contribution is 8.11. The molecule has 3 N–H and O–H groups in total. The van der Waals surface area contributed by atoms with Gasteiger partial charge in [0.05, 0.1) is 18.2 Å². The molecule has 0 radical (unpaired) electrons. The van der Waals surface area contributed by atoms with Crippen LogP contribution in [0.1, 0.15) is 35.7 Å². The van der Waals surface area contributed by atoms with E-state index in [1.807, 2.05) is 62.6 Å². The minimum Gasteiger partial charge on any atom is -0.492 e. The van der Waals surface area contributed by atoms with Crippen molar-refractivity contribution in [2.45, 2.75) is 19.8 Å². The second kappa shape index (κ2) is 16.9. The molecule has 3 aromatic carbocycles. The molecule has 1 fully saturated rings. The average molecular weight is 657 g/mol. The van der Waals surface area contributed by atoms with Crippen LogP contribution in [0.15, 0.2) is 90.2 Å². The van der Waals surface area contributed by atoms with Crippen molar-refractivity contribution in [3.8, 4) is 5.75 Å². The fraction of sp³-hybridized carbons (Fsp3) is 0.333. The number of morpholine rings is 1. The minimum absolute atomic E-state index is 0.241. The van der Waals surface area contributed by atoms with Gasteiger partial charge in [0, 0.05) is 66.1 Å². The van der Waals surface area contributed by atoms with Crippen molar-refractivity contribution in [1.29, 1.82) is 0 Å². The molecule has 2 heterocycles. The number of benzene rings is 3. The minimum atomic E-state index is -0.364. The van der Waals surface area contributed by atoms with Crippen LogP contribution in [-0.2, 0) is 4.74 Å². The zero-order valence-electron chi connectivity index (χ0n) is 27.3. The number of carbonyl (C=O) groups is 2. The summed E-state index contributed by atoms with van der Waals surface area (Å²) in [6, 6.07) is 21.6. The van der Waals surface area contributed by atoms with E-state index in [0.29, 0.717) is 29.2 Å². The van der Waals surface area contributed by atoms with Gasteiger partial charge in [0.15, 0.2) is 0 Å². The summed E-state index contributed by atoms with van der Waals surface area (Å²) >= 11 is 1.77. The molecule has 47 heavy (non-hydrogen) atoms. The second-order valence-electron chi connectivity index (χ2n) is 11.6. The van der Waals surface area contributed by atoms with Crippen molar-refractivity contribution in [2.24, 2.45) is 0 Å². The molecule has 0 bridgehead atoms. The van der Waals surface area contributed by atoms with Gasteiger partial charge >= 0.3 is 6.03 Å². The van der Waals surface area contributed by atoms with Crippen molar-refractivity contribution in [2.75, 3.05) is 76.0 Å². The lowest BCUT2D eigenvalue weighted by molar-refractivity contribution is 0.0571. The molecule has 3 amide bonds. The summed E-state index contributed by atoms with van der Waals surface area (Å²) in [5.74, 6) is 0.509. The Labute approximate surface area is 281 Å². The number of urea groups is 1. The monoisotopic (exact) mass is 656 g/mol. The van der Waals surface area contributed by atoms with Crippen LogP contribution in [0.4, 0.5) is 21.9 Å². The number of ether oxygens (including phenoxy) is 2. The molecule has 0 aliphatic carbocycles. The number of nitrogens with one attached hydrogen (secondary N) is 3. The summed E-state index contributed by atoms with van der Waals surface area (Å²) in [4.78, 5) is 33.4. The lowest BCUT2D eigenvalue weighted by atomic mass is 10.2. The maximum atomic E-state index is 12.8. The van der Waals surface area contributed by atoms with E-state index in [1.54, 1.807) is 36.0 Å². The number of unbranched alkanes of at least 4 members (excludes halogenated alkanes) is 1. The van der Waals surface area contributed by atoms with Gasteiger partial charge < -0.3 is 40.1 Å². The Hall–Kier alpha value is -4.45. The van der Waals surface area contributed by atoms with Gasteiger partial charge in [-0.25, -0.2) is 4.79 Å². The number of anilines is 3. The summed E-state index contributed by atoms with van der Waals surface area (Å²) in [6.45, 7) is 7.87. The van der Waals surface area contributed by atoms with Crippen LogP contribution in [0.3, 0.4) is 0 Å². The first-order valence-electron chi connectivity index (χ1n) is 16.0. The van der Waals surface area contributed by atoms with Gasteiger partial charge in [-0.2, -0.15) is 0 Å². The average Bonchev–Trinajstić information content (AvgIpc) is 3.09. The maximum absolute atomic E-state index is 12.8. The lowest BCUT2D eigenvalue weighted by Gasteiger charge is -2.34. The van der Waals surface area contributed by atoms with Gasteiger partial charge in [0.25, 0.3) is 5.91 Å². The molecule has 1 saturated heterocycles. The van der Waals surface area contributed by atoms with Crippen LogP contribution in [-0.4, -0.2) is 86.7 Å². The van der Waals surface area contributed by atoms with E-state index in [0.717, 1.165) is 63.5 Å². The summed E-state index contributed by atoms with van der Waals surface area (Å²) < 4.78 is 11.3. The number of hydrogen-bond acceptors (Lipinski definition) is 8. The van der Waals surface area contributed by atoms with Crippen molar-refractivity contribution >= 4 is 45.7 Å². The molecule has 5 rings (SSSR count). The highest BCUT2D eigenvalue weighted by atomic mass is 32.2. The van der Waals surface area contributed by atoms with Crippen LogP contribution in [0, 0.1) is 0 Å². The standard InChI is InChI=1S/C36H44N6O4S/c1-4-5-18-41-25-33(47-34(26-41)42-20-22-45-23-21-42)27-6-10-30(11-7-27)38-36(44)39-31-12-8-28(9-13-31)35(43)37-29-14-16-32(17-15-29)46-24-19-40(2)3/h6-17,25-26H,4-5,18-24H2,1-3H3,(H,37,43)(H2,38,39,44). The lowest BCUT2D eigenvalue weighted by Crippen LogP contribution is -2.36. The molecule has 248 valence electrons. The summed E-state index contributed by atoms with van der Waals surface area (Å²) in [6.07, 6.45) is 6.72. The Morgan fingerprint density at radius 1 is 0.851 bits per heavy atom. The van der Waals surface area contributed by atoms with Gasteiger partial charge in [-0.05, 0) is 86.7 Å². The molecule has 0 atom stereocenters. The third-order valence-corrected chi connectivity index (χ3v) is 8.75. The van der Waals surface area contributed by atoms with Crippen LogP contribution in [0.5, 0.6) is 5.75 Å². The molecule has 0 saturated carbocycles.